The second kappa shape index (κ2) is 7.57. The highest BCUT2D eigenvalue weighted by atomic mass is 32.1. The second-order valence-electron chi connectivity index (χ2n) is 5.97. The van der Waals surface area contributed by atoms with Crippen LogP contribution in [0.15, 0.2) is 35.2 Å². The fraction of sp³-hybridized carbons (Fsp3) is 0.412. The summed E-state index contributed by atoms with van der Waals surface area (Å²) in [6.07, 6.45) is 1.94. The lowest BCUT2D eigenvalue weighted by Gasteiger charge is -2.31. The Balaban J connectivity index is 1.64. The monoisotopic (exact) mass is 330 g/mol. The number of carbonyl (C=O) groups is 1. The summed E-state index contributed by atoms with van der Waals surface area (Å²) in [5.41, 5.74) is 10.7. The van der Waals surface area contributed by atoms with Gasteiger partial charge in [-0.15, -0.1) is 11.3 Å². The number of benzene rings is 1. The summed E-state index contributed by atoms with van der Waals surface area (Å²) in [6.45, 7) is 3.34. The van der Waals surface area contributed by atoms with Gasteiger partial charge in [0.2, 0.25) is 5.91 Å². The van der Waals surface area contributed by atoms with Crippen LogP contribution >= 0.6 is 11.3 Å². The van der Waals surface area contributed by atoms with Crippen molar-refractivity contribution in [3.8, 4) is 0 Å². The maximum absolute atomic E-state index is 11.4. The van der Waals surface area contributed by atoms with Gasteiger partial charge in [0.1, 0.15) is 0 Å². The number of nitrogens with one attached hydrogen (secondary N) is 1. The number of nitrogens with zero attached hydrogens (tertiary/aromatic N) is 2. The normalized spacial score (nSPS) is 18.7. The van der Waals surface area contributed by atoms with Crippen molar-refractivity contribution in [3.63, 3.8) is 0 Å². The van der Waals surface area contributed by atoms with Gasteiger partial charge in [0, 0.05) is 24.2 Å². The minimum Gasteiger partial charge on any atom is -0.379 e. The van der Waals surface area contributed by atoms with Crippen molar-refractivity contribution in [2.45, 2.75) is 25.9 Å². The topological polar surface area (TPSA) is 71.2 Å². The van der Waals surface area contributed by atoms with E-state index in [-0.39, 0.29) is 11.8 Å². The van der Waals surface area contributed by atoms with Crippen molar-refractivity contribution in [2.75, 3.05) is 18.4 Å². The third-order valence-corrected chi connectivity index (χ3v) is 4.90. The number of hydrogen-bond acceptors (Lipinski definition) is 5. The first kappa shape index (κ1) is 16.0. The standard InChI is InChI=1S/C17H22N4OS/c18-17(22)14-5-3-7-21(10-14)9-13-4-1-2-6-16(13)19-8-15-11-23-12-20-15/h1-2,4,6,11-12,14,19H,3,5,7-10H2,(H2,18,22)/t14-/m0/s1. The molecule has 3 rings (SSSR count). The van der Waals surface area contributed by atoms with E-state index < -0.39 is 0 Å². The Hall–Kier alpha value is -1.92. The predicted octanol–water partition coefficient (Wildman–Crippen LogP) is 2.45. The van der Waals surface area contributed by atoms with Gasteiger partial charge in [0.05, 0.1) is 23.7 Å². The molecule has 1 amide bonds. The van der Waals surface area contributed by atoms with Crippen LogP contribution in [0.2, 0.25) is 0 Å². The molecule has 3 N–H and O–H groups in total. The first-order chi connectivity index (χ1) is 11.2. The van der Waals surface area contributed by atoms with Crippen LogP contribution in [0.5, 0.6) is 0 Å². The van der Waals surface area contributed by atoms with Crippen molar-refractivity contribution in [2.24, 2.45) is 11.7 Å². The van der Waals surface area contributed by atoms with Crippen molar-refractivity contribution in [1.29, 1.82) is 0 Å². The number of para-hydroxylation sites is 1. The number of nitrogens with two attached hydrogens (primary N) is 1. The molecule has 1 atom stereocenters. The summed E-state index contributed by atoms with van der Waals surface area (Å²) < 4.78 is 0. The third kappa shape index (κ3) is 4.30. The lowest BCUT2D eigenvalue weighted by molar-refractivity contribution is -0.123. The van der Waals surface area contributed by atoms with Crippen LogP contribution in [0, 0.1) is 5.92 Å². The van der Waals surface area contributed by atoms with E-state index >= 15 is 0 Å². The number of carbonyl (C=O) groups excluding carboxylic acids is 1. The van der Waals surface area contributed by atoms with Crippen molar-refractivity contribution < 1.29 is 4.79 Å². The highest BCUT2D eigenvalue weighted by Crippen LogP contribution is 2.22. The zero-order chi connectivity index (χ0) is 16.1. The lowest BCUT2D eigenvalue weighted by atomic mass is 9.97. The SMILES string of the molecule is NC(=O)[C@H]1CCCN(Cc2ccccc2NCc2cscn2)C1. The van der Waals surface area contributed by atoms with E-state index in [1.807, 2.05) is 11.6 Å². The lowest BCUT2D eigenvalue weighted by Crippen LogP contribution is -2.40. The minimum absolute atomic E-state index is 0.0149. The summed E-state index contributed by atoms with van der Waals surface area (Å²) >= 11 is 1.61. The van der Waals surface area contributed by atoms with Crippen LogP contribution in [0.25, 0.3) is 0 Å². The molecule has 23 heavy (non-hydrogen) atoms. The molecule has 2 aromatic rings. The molecule has 0 unspecified atom stereocenters. The van der Waals surface area contributed by atoms with E-state index in [2.05, 4.69) is 38.8 Å². The van der Waals surface area contributed by atoms with Crippen LogP contribution in [0.3, 0.4) is 0 Å². The maximum Gasteiger partial charge on any atom is 0.221 e. The first-order valence-electron chi connectivity index (χ1n) is 7.93. The Bertz CT molecular complexity index is 644. The van der Waals surface area contributed by atoms with E-state index in [0.717, 1.165) is 50.4 Å². The summed E-state index contributed by atoms with van der Waals surface area (Å²) in [4.78, 5) is 18.1. The molecular weight excluding hydrogens is 308 g/mol. The molecule has 2 heterocycles. The van der Waals surface area contributed by atoms with E-state index in [9.17, 15) is 4.79 Å². The molecule has 0 spiro atoms. The Labute approximate surface area is 140 Å². The van der Waals surface area contributed by atoms with Crippen molar-refractivity contribution in [1.82, 2.24) is 9.88 Å². The number of piperidine rings is 1. The molecule has 122 valence electrons. The van der Waals surface area contributed by atoms with Gasteiger partial charge in [-0.25, -0.2) is 4.98 Å². The summed E-state index contributed by atoms with van der Waals surface area (Å²) in [7, 11) is 0. The molecule has 6 heteroatoms. The highest BCUT2D eigenvalue weighted by Gasteiger charge is 2.24. The second-order valence-corrected chi connectivity index (χ2v) is 6.69. The quantitative estimate of drug-likeness (QED) is 0.853. The molecule has 1 fully saturated rings. The van der Waals surface area contributed by atoms with Gasteiger partial charge < -0.3 is 11.1 Å². The molecule has 0 bridgehead atoms. The first-order valence-corrected chi connectivity index (χ1v) is 8.87. The third-order valence-electron chi connectivity index (χ3n) is 4.26. The number of anilines is 1. The van der Waals surface area contributed by atoms with Crippen LogP contribution in [-0.4, -0.2) is 28.9 Å². The summed E-state index contributed by atoms with van der Waals surface area (Å²) in [5.74, 6) is -0.191. The highest BCUT2D eigenvalue weighted by molar-refractivity contribution is 7.07. The number of aromatic nitrogens is 1. The smallest absolute Gasteiger partial charge is 0.221 e. The number of rotatable bonds is 6. The summed E-state index contributed by atoms with van der Waals surface area (Å²) in [6, 6.07) is 8.32. The van der Waals surface area contributed by atoms with Gasteiger partial charge >= 0.3 is 0 Å². The van der Waals surface area contributed by atoms with Gasteiger partial charge in [-0.2, -0.15) is 0 Å². The molecule has 0 saturated carbocycles. The van der Waals surface area contributed by atoms with Crippen molar-refractivity contribution in [3.05, 3.63) is 46.4 Å². The molecule has 0 aliphatic carbocycles. The van der Waals surface area contributed by atoms with Crippen LogP contribution < -0.4 is 11.1 Å². The molecule has 5 nitrogen and oxygen atoms in total. The molecule has 1 aromatic carbocycles. The molecule has 1 aromatic heterocycles. The number of primary amides is 1. The fourth-order valence-corrected chi connectivity index (χ4v) is 3.57. The average Bonchev–Trinajstić information content (AvgIpc) is 3.08. The Morgan fingerprint density at radius 2 is 2.30 bits per heavy atom. The Morgan fingerprint density at radius 3 is 3.09 bits per heavy atom. The van der Waals surface area contributed by atoms with Crippen LogP contribution in [0.4, 0.5) is 5.69 Å². The van der Waals surface area contributed by atoms with Gasteiger partial charge in [-0.05, 0) is 31.0 Å². The van der Waals surface area contributed by atoms with Gasteiger partial charge in [-0.3, -0.25) is 9.69 Å². The number of hydrogen-bond donors (Lipinski definition) is 2. The minimum atomic E-state index is -0.176. The molecule has 1 saturated heterocycles. The average molecular weight is 330 g/mol. The van der Waals surface area contributed by atoms with Gasteiger partial charge in [0.25, 0.3) is 0 Å². The van der Waals surface area contributed by atoms with E-state index in [1.54, 1.807) is 11.3 Å². The van der Waals surface area contributed by atoms with E-state index in [0.29, 0.717) is 0 Å². The Morgan fingerprint density at radius 1 is 1.43 bits per heavy atom. The fourth-order valence-electron chi connectivity index (χ4n) is 3.01. The molecular formula is C17H22N4OS. The molecule has 1 aliphatic rings. The van der Waals surface area contributed by atoms with E-state index in [1.165, 1.54) is 5.56 Å². The zero-order valence-electron chi connectivity index (χ0n) is 13.1. The van der Waals surface area contributed by atoms with Crippen molar-refractivity contribution >= 4 is 22.9 Å². The Kier molecular flexibility index (Phi) is 5.25. The number of likely N-dealkylation sites (tertiary alicyclic amines) is 1. The number of amides is 1. The van der Waals surface area contributed by atoms with Gasteiger partial charge in [-0.1, -0.05) is 18.2 Å². The molecule has 1 aliphatic heterocycles. The van der Waals surface area contributed by atoms with Crippen LogP contribution in [0.1, 0.15) is 24.1 Å². The zero-order valence-corrected chi connectivity index (χ0v) is 13.9. The maximum atomic E-state index is 11.4. The van der Waals surface area contributed by atoms with Crippen LogP contribution in [-0.2, 0) is 17.9 Å². The largest absolute Gasteiger partial charge is 0.379 e. The van der Waals surface area contributed by atoms with Gasteiger partial charge in [0.15, 0.2) is 0 Å². The number of thiazole rings is 1. The predicted molar refractivity (Wildman–Crippen MR) is 93.1 cm³/mol. The molecule has 0 radical (unpaired) electrons. The summed E-state index contributed by atoms with van der Waals surface area (Å²) in [5, 5.41) is 5.52. The van der Waals surface area contributed by atoms with E-state index in [4.69, 9.17) is 5.73 Å².